The molecule has 0 aliphatic carbocycles. The predicted molar refractivity (Wildman–Crippen MR) is 139 cm³/mol. The van der Waals surface area contributed by atoms with Crippen LogP contribution in [0.5, 0.6) is 11.5 Å². The van der Waals surface area contributed by atoms with E-state index in [9.17, 15) is 14.7 Å². The first-order valence-electron chi connectivity index (χ1n) is 12.9. The first-order chi connectivity index (χ1) is 18.0. The minimum Gasteiger partial charge on any atom is -0.507 e. The van der Waals surface area contributed by atoms with E-state index in [4.69, 9.17) is 24.4 Å². The van der Waals surface area contributed by atoms with Crippen molar-refractivity contribution in [3.63, 3.8) is 0 Å². The maximum Gasteiger partial charge on any atom is 0.341 e. The Morgan fingerprint density at radius 1 is 1.24 bits per heavy atom. The quantitative estimate of drug-likeness (QED) is 0.350. The van der Waals surface area contributed by atoms with E-state index in [1.807, 2.05) is 26.0 Å². The number of carbonyl (C=O) groups is 1. The molecule has 0 saturated carbocycles. The number of aryl methyl sites for hydroxylation is 1. The molecule has 1 fully saturated rings. The number of rotatable bonds is 4. The fourth-order valence-electron chi connectivity index (χ4n) is 5.72. The van der Waals surface area contributed by atoms with E-state index >= 15 is 0 Å². The van der Waals surface area contributed by atoms with E-state index in [-0.39, 0.29) is 40.8 Å². The zero-order valence-electron chi connectivity index (χ0n) is 21.9. The van der Waals surface area contributed by atoms with Crippen molar-refractivity contribution in [3.8, 4) is 11.5 Å². The van der Waals surface area contributed by atoms with Crippen molar-refractivity contribution in [2.75, 3.05) is 6.54 Å². The summed E-state index contributed by atoms with van der Waals surface area (Å²) in [6.07, 6.45) is 0.403. The van der Waals surface area contributed by atoms with Crippen LogP contribution < -0.4 is 21.2 Å². The lowest BCUT2D eigenvalue weighted by atomic mass is 9.89. The molecule has 9 nitrogen and oxygen atoms in total. The SMILES string of the molecule is Cc1cc(=O)c2c(O)c3c(cc2o1)OC(C)(C)[C@H](OC(=O)[C@]1(C)O[C@@H]1Cc1cccc2c1CCN[C@H]2N)C3. The molecule has 3 aliphatic heterocycles. The third kappa shape index (κ3) is 3.97. The van der Waals surface area contributed by atoms with Crippen molar-refractivity contribution in [3.05, 3.63) is 68.6 Å². The van der Waals surface area contributed by atoms with Crippen molar-refractivity contribution >= 4 is 16.9 Å². The number of epoxide rings is 1. The smallest absolute Gasteiger partial charge is 0.341 e. The molecule has 1 aromatic heterocycles. The number of fused-ring (bicyclic) bond motifs is 3. The summed E-state index contributed by atoms with van der Waals surface area (Å²) in [5.41, 5.74) is 7.97. The van der Waals surface area contributed by atoms with E-state index in [1.54, 1.807) is 19.9 Å². The number of ether oxygens (including phenoxy) is 3. The van der Waals surface area contributed by atoms with Gasteiger partial charge in [-0.25, -0.2) is 4.79 Å². The number of hydrogen-bond donors (Lipinski definition) is 3. The van der Waals surface area contributed by atoms with Gasteiger partial charge < -0.3 is 29.5 Å². The van der Waals surface area contributed by atoms with Gasteiger partial charge in [0.05, 0.1) is 6.17 Å². The largest absolute Gasteiger partial charge is 0.507 e. The van der Waals surface area contributed by atoms with E-state index in [1.165, 1.54) is 11.6 Å². The maximum absolute atomic E-state index is 13.4. The molecule has 3 aromatic rings. The zero-order valence-corrected chi connectivity index (χ0v) is 21.9. The van der Waals surface area contributed by atoms with Gasteiger partial charge in [0.25, 0.3) is 0 Å². The second-order valence-electron chi connectivity index (χ2n) is 11.2. The number of phenolic OH excluding ortho intramolecular Hbond substituents is 1. The number of carbonyl (C=O) groups excluding carboxylic acids is 1. The summed E-state index contributed by atoms with van der Waals surface area (Å²) < 4.78 is 23.7. The lowest BCUT2D eigenvalue weighted by Gasteiger charge is -2.39. The molecule has 9 heteroatoms. The number of phenols is 1. The number of esters is 1. The molecule has 0 unspecified atom stereocenters. The predicted octanol–water partition coefficient (Wildman–Crippen LogP) is 2.94. The van der Waals surface area contributed by atoms with Crippen LogP contribution in [0.4, 0.5) is 0 Å². The Bertz CT molecular complexity index is 1530. The Morgan fingerprint density at radius 3 is 2.82 bits per heavy atom. The minimum atomic E-state index is -1.09. The topological polar surface area (TPSA) is 137 Å². The molecule has 4 heterocycles. The fourth-order valence-corrected chi connectivity index (χ4v) is 5.72. The van der Waals surface area contributed by atoms with Gasteiger partial charge in [-0.2, -0.15) is 0 Å². The Kier molecular flexibility index (Phi) is 5.61. The van der Waals surface area contributed by atoms with Crippen molar-refractivity contribution in [2.24, 2.45) is 5.73 Å². The highest BCUT2D eigenvalue weighted by Crippen LogP contribution is 2.45. The number of hydrogen-bond acceptors (Lipinski definition) is 9. The Hall–Kier alpha value is -3.40. The second-order valence-corrected chi connectivity index (χ2v) is 11.2. The van der Waals surface area contributed by atoms with Crippen molar-refractivity contribution in [2.45, 2.75) is 76.5 Å². The standard InChI is InChI=1S/C29H32N2O7/c1-14-10-19(32)24-21(35-14)13-20-18(25(24)33)12-22(28(2,3)37-20)36-27(34)29(4)23(38-29)11-15-6-5-7-17-16(15)8-9-31-26(17)30/h5-7,10,13,22-23,26,31,33H,8-9,11-12,30H2,1-4H3/t22-,23-,26-,29-/m1/s1. The van der Waals surface area contributed by atoms with Crippen LogP contribution in [0.3, 0.4) is 0 Å². The van der Waals surface area contributed by atoms with Gasteiger partial charge in [0.1, 0.15) is 46.0 Å². The van der Waals surface area contributed by atoms with Crippen molar-refractivity contribution in [1.29, 1.82) is 0 Å². The molecule has 1 saturated heterocycles. The van der Waals surface area contributed by atoms with Gasteiger partial charge in [0.15, 0.2) is 11.0 Å². The minimum absolute atomic E-state index is 0.0846. The molecule has 200 valence electrons. The van der Waals surface area contributed by atoms with Crippen LogP contribution in [0.25, 0.3) is 11.0 Å². The van der Waals surface area contributed by atoms with Gasteiger partial charge in [-0.05, 0) is 50.8 Å². The van der Waals surface area contributed by atoms with E-state index in [0.717, 1.165) is 24.1 Å². The van der Waals surface area contributed by atoms with Crippen molar-refractivity contribution < 1.29 is 28.5 Å². The van der Waals surface area contributed by atoms with E-state index < -0.39 is 23.3 Å². The summed E-state index contributed by atoms with van der Waals surface area (Å²) in [6, 6.07) is 9.02. The summed E-state index contributed by atoms with van der Waals surface area (Å²) in [4.78, 5) is 25.9. The van der Waals surface area contributed by atoms with Crippen LogP contribution in [0.1, 0.15) is 55.0 Å². The summed E-state index contributed by atoms with van der Waals surface area (Å²) >= 11 is 0. The lowest BCUT2D eigenvalue weighted by Crippen LogP contribution is -2.50. The molecule has 38 heavy (non-hydrogen) atoms. The summed E-state index contributed by atoms with van der Waals surface area (Å²) in [5, 5.41) is 14.3. The average Bonchev–Trinajstić information content (AvgIpc) is 3.50. The molecule has 4 N–H and O–H groups in total. The number of nitrogens with two attached hydrogens (primary N) is 1. The van der Waals surface area contributed by atoms with Gasteiger partial charge in [-0.3, -0.25) is 10.1 Å². The first-order valence-corrected chi connectivity index (χ1v) is 12.9. The Labute approximate surface area is 219 Å². The molecule has 0 radical (unpaired) electrons. The Morgan fingerprint density at radius 2 is 2.03 bits per heavy atom. The summed E-state index contributed by atoms with van der Waals surface area (Å²) in [6.45, 7) is 7.86. The summed E-state index contributed by atoms with van der Waals surface area (Å²) in [7, 11) is 0. The highest BCUT2D eigenvalue weighted by molar-refractivity contribution is 5.87. The highest BCUT2D eigenvalue weighted by atomic mass is 16.7. The van der Waals surface area contributed by atoms with Gasteiger partial charge in [0, 0.05) is 37.1 Å². The van der Waals surface area contributed by atoms with Crippen LogP contribution >= 0.6 is 0 Å². The zero-order chi connectivity index (χ0) is 27.0. The van der Waals surface area contributed by atoms with E-state index in [0.29, 0.717) is 23.5 Å². The van der Waals surface area contributed by atoms with Gasteiger partial charge in [-0.1, -0.05) is 18.2 Å². The molecular weight excluding hydrogens is 488 g/mol. The molecule has 0 spiro atoms. The molecule has 2 aromatic carbocycles. The third-order valence-electron chi connectivity index (χ3n) is 8.11. The molecule has 3 aliphatic rings. The van der Waals surface area contributed by atoms with Gasteiger partial charge in [-0.15, -0.1) is 0 Å². The number of benzene rings is 2. The average molecular weight is 521 g/mol. The summed E-state index contributed by atoms with van der Waals surface area (Å²) in [5.74, 6) is 0.142. The fraction of sp³-hybridized carbons (Fsp3) is 0.448. The molecule has 6 rings (SSSR count). The number of nitrogens with one attached hydrogen (secondary N) is 1. The van der Waals surface area contributed by atoms with Gasteiger partial charge >= 0.3 is 5.97 Å². The first kappa shape index (κ1) is 24.9. The highest BCUT2D eigenvalue weighted by Gasteiger charge is 2.61. The molecule has 0 bridgehead atoms. The van der Waals surface area contributed by atoms with E-state index in [2.05, 4.69) is 11.4 Å². The van der Waals surface area contributed by atoms with Gasteiger partial charge in [0.2, 0.25) is 0 Å². The monoisotopic (exact) mass is 520 g/mol. The maximum atomic E-state index is 13.4. The molecular formula is C29H32N2O7. The van der Waals surface area contributed by atoms with Crippen LogP contribution in [0, 0.1) is 6.92 Å². The molecule has 4 atom stereocenters. The normalized spacial score (nSPS) is 27.2. The second kappa shape index (κ2) is 8.56. The van der Waals surface area contributed by atoms with Crippen LogP contribution in [0.2, 0.25) is 0 Å². The third-order valence-corrected chi connectivity index (χ3v) is 8.11. The van der Waals surface area contributed by atoms with Crippen LogP contribution in [-0.4, -0.2) is 41.0 Å². The van der Waals surface area contributed by atoms with Crippen molar-refractivity contribution in [1.82, 2.24) is 5.32 Å². The Balaban J connectivity index is 1.22. The number of aromatic hydroxyl groups is 1. The molecule has 0 amide bonds. The lowest BCUT2D eigenvalue weighted by molar-refractivity contribution is -0.166. The van der Waals surface area contributed by atoms with Crippen LogP contribution in [0.15, 0.2) is 39.5 Å². The van der Waals surface area contributed by atoms with Crippen LogP contribution in [-0.2, 0) is 33.5 Å².